The Labute approximate surface area is 82.3 Å². The van der Waals surface area contributed by atoms with Gasteiger partial charge in [-0.3, -0.25) is 9.89 Å². The van der Waals surface area contributed by atoms with Gasteiger partial charge in [0.1, 0.15) is 0 Å². The molecule has 1 amide bonds. The number of aromatic nitrogens is 2. The van der Waals surface area contributed by atoms with E-state index < -0.39 is 0 Å². The van der Waals surface area contributed by atoms with Crippen LogP contribution in [0.2, 0.25) is 0 Å². The second-order valence-electron chi connectivity index (χ2n) is 3.70. The van der Waals surface area contributed by atoms with Crippen LogP contribution in [0.3, 0.4) is 0 Å². The lowest BCUT2D eigenvalue weighted by atomic mass is 10.1. The fourth-order valence-corrected chi connectivity index (χ4v) is 1.63. The van der Waals surface area contributed by atoms with Crippen molar-refractivity contribution in [2.75, 3.05) is 13.1 Å². The molecule has 0 spiro atoms. The average molecular weight is 194 g/mol. The number of nitrogens with zero attached hydrogens (tertiary/aromatic N) is 1. The molecular formula is C9H14N4O. The second-order valence-corrected chi connectivity index (χ2v) is 3.70. The summed E-state index contributed by atoms with van der Waals surface area (Å²) in [6, 6.07) is 0.234. The highest BCUT2D eigenvalue weighted by Crippen LogP contribution is 2.08. The van der Waals surface area contributed by atoms with E-state index in [2.05, 4.69) is 27.8 Å². The van der Waals surface area contributed by atoms with Gasteiger partial charge in [0.15, 0.2) is 0 Å². The fourth-order valence-electron chi connectivity index (χ4n) is 1.63. The molecule has 2 unspecified atom stereocenters. The van der Waals surface area contributed by atoms with E-state index in [1.807, 2.05) is 0 Å². The maximum Gasteiger partial charge on any atom is 0.254 e. The summed E-state index contributed by atoms with van der Waals surface area (Å²) in [5.41, 5.74) is 0.587. The molecule has 1 saturated heterocycles. The third kappa shape index (κ3) is 1.77. The summed E-state index contributed by atoms with van der Waals surface area (Å²) < 4.78 is 0. The van der Waals surface area contributed by atoms with E-state index in [0.29, 0.717) is 11.5 Å². The molecule has 1 aliphatic rings. The molecule has 0 aromatic carbocycles. The zero-order valence-corrected chi connectivity index (χ0v) is 8.08. The molecule has 0 aliphatic carbocycles. The zero-order chi connectivity index (χ0) is 9.97. The number of H-pyrrole nitrogens is 1. The molecule has 0 radical (unpaired) electrons. The lowest BCUT2D eigenvalue weighted by Gasteiger charge is -2.15. The maximum absolute atomic E-state index is 11.6. The standard InChI is InChI=1S/C9H14N4O/c1-6-2-10-5-8(6)13-9(14)7-3-11-12-4-7/h3-4,6,8,10H,2,5H2,1H3,(H,11,12)(H,13,14). The Bertz CT molecular complexity index is 309. The van der Waals surface area contributed by atoms with Gasteiger partial charge in [0.05, 0.1) is 11.8 Å². The molecule has 5 heteroatoms. The van der Waals surface area contributed by atoms with E-state index in [1.54, 1.807) is 6.20 Å². The van der Waals surface area contributed by atoms with Gasteiger partial charge in [0.25, 0.3) is 5.91 Å². The highest BCUT2D eigenvalue weighted by molar-refractivity contribution is 5.93. The minimum absolute atomic E-state index is 0.0562. The molecule has 2 atom stereocenters. The van der Waals surface area contributed by atoms with Gasteiger partial charge in [-0.1, -0.05) is 6.92 Å². The first-order valence-electron chi connectivity index (χ1n) is 4.77. The number of carbonyl (C=O) groups is 1. The minimum atomic E-state index is -0.0562. The molecule has 1 aliphatic heterocycles. The number of hydrogen-bond donors (Lipinski definition) is 3. The quantitative estimate of drug-likeness (QED) is 0.608. The summed E-state index contributed by atoms with van der Waals surface area (Å²) in [6.07, 6.45) is 3.13. The van der Waals surface area contributed by atoms with E-state index in [1.165, 1.54) is 6.20 Å². The van der Waals surface area contributed by atoms with Gasteiger partial charge in [0, 0.05) is 18.8 Å². The molecule has 14 heavy (non-hydrogen) atoms. The van der Waals surface area contributed by atoms with Crippen LogP contribution < -0.4 is 10.6 Å². The SMILES string of the molecule is CC1CNCC1NC(=O)c1cn[nH]c1. The molecule has 2 heterocycles. The Hall–Kier alpha value is -1.36. The number of amides is 1. The Morgan fingerprint density at radius 1 is 1.64 bits per heavy atom. The molecule has 3 N–H and O–H groups in total. The van der Waals surface area contributed by atoms with Gasteiger partial charge >= 0.3 is 0 Å². The third-order valence-electron chi connectivity index (χ3n) is 2.59. The van der Waals surface area contributed by atoms with Gasteiger partial charge < -0.3 is 10.6 Å². The van der Waals surface area contributed by atoms with Crippen LogP contribution in [0.5, 0.6) is 0 Å². The highest BCUT2D eigenvalue weighted by atomic mass is 16.1. The second kappa shape index (κ2) is 3.79. The van der Waals surface area contributed by atoms with E-state index in [0.717, 1.165) is 13.1 Å². The van der Waals surface area contributed by atoms with E-state index in [-0.39, 0.29) is 11.9 Å². The van der Waals surface area contributed by atoms with Crippen LogP contribution in [-0.2, 0) is 0 Å². The van der Waals surface area contributed by atoms with Crippen LogP contribution in [0.1, 0.15) is 17.3 Å². The summed E-state index contributed by atoms with van der Waals surface area (Å²) >= 11 is 0. The molecule has 2 rings (SSSR count). The minimum Gasteiger partial charge on any atom is -0.348 e. The smallest absolute Gasteiger partial charge is 0.254 e. The largest absolute Gasteiger partial charge is 0.348 e. The third-order valence-corrected chi connectivity index (χ3v) is 2.59. The van der Waals surface area contributed by atoms with Crippen molar-refractivity contribution in [3.8, 4) is 0 Å². The number of aromatic amines is 1. The monoisotopic (exact) mass is 194 g/mol. The summed E-state index contributed by atoms with van der Waals surface area (Å²) in [4.78, 5) is 11.6. The van der Waals surface area contributed by atoms with Gasteiger partial charge in [-0.05, 0) is 12.5 Å². The maximum atomic E-state index is 11.6. The zero-order valence-electron chi connectivity index (χ0n) is 8.08. The predicted molar refractivity (Wildman–Crippen MR) is 51.9 cm³/mol. The van der Waals surface area contributed by atoms with Crippen molar-refractivity contribution in [1.29, 1.82) is 0 Å². The van der Waals surface area contributed by atoms with E-state index >= 15 is 0 Å². The molecule has 1 fully saturated rings. The summed E-state index contributed by atoms with van der Waals surface area (Å²) in [5.74, 6) is 0.435. The number of carbonyl (C=O) groups excluding carboxylic acids is 1. The first kappa shape index (κ1) is 9.21. The van der Waals surface area contributed by atoms with Crippen molar-refractivity contribution >= 4 is 5.91 Å². The van der Waals surface area contributed by atoms with Crippen LogP contribution in [0.25, 0.3) is 0 Å². The van der Waals surface area contributed by atoms with Gasteiger partial charge in [-0.25, -0.2) is 0 Å². The van der Waals surface area contributed by atoms with Crippen LogP contribution in [0, 0.1) is 5.92 Å². The van der Waals surface area contributed by atoms with Crippen LogP contribution in [-0.4, -0.2) is 35.2 Å². The molecular weight excluding hydrogens is 180 g/mol. The Balaban J connectivity index is 1.95. The van der Waals surface area contributed by atoms with Crippen LogP contribution in [0.4, 0.5) is 0 Å². The first-order valence-corrected chi connectivity index (χ1v) is 4.77. The summed E-state index contributed by atoms with van der Waals surface area (Å²) in [5, 5.41) is 12.6. The van der Waals surface area contributed by atoms with Crippen molar-refractivity contribution in [1.82, 2.24) is 20.8 Å². The Morgan fingerprint density at radius 3 is 3.07 bits per heavy atom. The number of nitrogens with one attached hydrogen (secondary N) is 3. The Morgan fingerprint density at radius 2 is 2.50 bits per heavy atom. The lowest BCUT2D eigenvalue weighted by molar-refractivity contribution is 0.0933. The van der Waals surface area contributed by atoms with Crippen molar-refractivity contribution in [3.05, 3.63) is 18.0 Å². The molecule has 76 valence electrons. The normalized spacial score (nSPS) is 26.4. The topological polar surface area (TPSA) is 69.8 Å². The lowest BCUT2D eigenvalue weighted by Crippen LogP contribution is -2.39. The van der Waals surface area contributed by atoms with E-state index in [4.69, 9.17) is 0 Å². The first-order chi connectivity index (χ1) is 6.77. The average Bonchev–Trinajstić information content (AvgIpc) is 2.77. The summed E-state index contributed by atoms with van der Waals surface area (Å²) in [7, 11) is 0. The molecule has 1 aromatic heterocycles. The van der Waals surface area contributed by atoms with Gasteiger partial charge in [0.2, 0.25) is 0 Å². The Kier molecular flexibility index (Phi) is 2.49. The summed E-state index contributed by atoms with van der Waals surface area (Å²) in [6.45, 7) is 3.95. The van der Waals surface area contributed by atoms with Crippen LogP contribution in [0.15, 0.2) is 12.4 Å². The van der Waals surface area contributed by atoms with Crippen LogP contribution >= 0.6 is 0 Å². The van der Waals surface area contributed by atoms with Crippen molar-refractivity contribution < 1.29 is 4.79 Å². The van der Waals surface area contributed by atoms with Crippen molar-refractivity contribution in [3.63, 3.8) is 0 Å². The molecule has 0 saturated carbocycles. The van der Waals surface area contributed by atoms with E-state index in [9.17, 15) is 4.79 Å². The van der Waals surface area contributed by atoms with Crippen molar-refractivity contribution in [2.24, 2.45) is 5.92 Å². The highest BCUT2D eigenvalue weighted by Gasteiger charge is 2.24. The van der Waals surface area contributed by atoms with Gasteiger partial charge in [-0.2, -0.15) is 5.10 Å². The predicted octanol–water partition coefficient (Wildman–Crippen LogP) is -0.253. The molecule has 5 nitrogen and oxygen atoms in total. The van der Waals surface area contributed by atoms with Crippen molar-refractivity contribution in [2.45, 2.75) is 13.0 Å². The van der Waals surface area contributed by atoms with Gasteiger partial charge in [-0.15, -0.1) is 0 Å². The fraction of sp³-hybridized carbons (Fsp3) is 0.556. The molecule has 0 bridgehead atoms. The molecule has 1 aromatic rings. The number of hydrogen-bond acceptors (Lipinski definition) is 3. The number of rotatable bonds is 2.